The number of carbonyl (C=O) groups excluding carboxylic acids is 1. The zero-order valence-electron chi connectivity index (χ0n) is 12.4. The highest BCUT2D eigenvalue weighted by Gasteiger charge is 2.27. The third kappa shape index (κ3) is 3.42. The summed E-state index contributed by atoms with van der Waals surface area (Å²) in [5, 5.41) is 3.88. The van der Waals surface area contributed by atoms with Crippen molar-refractivity contribution in [1.29, 1.82) is 0 Å². The lowest BCUT2D eigenvalue weighted by Crippen LogP contribution is -2.37. The van der Waals surface area contributed by atoms with Gasteiger partial charge in [-0.2, -0.15) is 0 Å². The molecule has 0 radical (unpaired) electrons. The smallest absolute Gasteiger partial charge is 0.243 e. The van der Waals surface area contributed by atoms with E-state index >= 15 is 0 Å². The van der Waals surface area contributed by atoms with Crippen LogP contribution in [0.25, 0.3) is 0 Å². The first-order valence-electron chi connectivity index (χ1n) is 7.24. The summed E-state index contributed by atoms with van der Waals surface area (Å²) in [5.41, 5.74) is 2.84. The van der Waals surface area contributed by atoms with E-state index in [9.17, 15) is 4.79 Å². The van der Waals surface area contributed by atoms with Crippen LogP contribution in [0.3, 0.4) is 0 Å². The molecular weight excluding hydrogens is 355 g/mol. The number of para-hydroxylation sites is 1. The molecule has 120 valence electrons. The maximum absolute atomic E-state index is 12.4. The van der Waals surface area contributed by atoms with Gasteiger partial charge >= 0.3 is 0 Å². The molecule has 1 heterocycles. The minimum atomic E-state index is -0.145. The first-order chi connectivity index (χ1) is 11.0. The lowest BCUT2D eigenvalue weighted by Gasteiger charge is -2.24. The molecule has 3 rings (SSSR count). The van der Waals surface area contributed by atoms with Gasteiger partial charge < -0.3 is 10.2 Å². The molecule has 1 aliphatic rings. The van der Waals surface area contributed by atoms with Crippen LogP contribution in [0.1, 0.15) is 12.5 Å². The predicted molar refractivity (Wildman–Crippen MR) is 97.1 cm³/mol. The van der Waals surface area contributed by atoms with Crippen LogP contribution < -0.4 is 10.2 Å². The van der Waals surface area contributed by atoms with Crippen molar-refractivity contribution < 1.29 is 4.79 Å². The van der Waals surface area contributed by atoms with E-state index in [1.54, 1.807) is 6.07 Å². The molecule has 0 spiro atoms. The summed E-state index contributed by atoms with van der Waals surface area (Å²) in [6.07, 6.45) is 0.941. The number of rotatable bonds is 3. The van der Waals surface area contributed by atoms with Gasteiger partial charge in [0.25, 0.3) is 0 Å². The standard InChI is InChI=1S/C17H15Cl3N2O/c1-10-6-11-4-2-3-5-16(11)22(10)9-17(23)21-15-8-13(19)12(18)7-14(15)20/h2-5,7-8,10H,6,9H2,1H3,(H,21,23). The number of carbonyl (C=O) groups is 1. The average molecular weight is 370 g/mol. The van der Waals surface area contributed by atoms with E-state index < -0.39 is 0 Å². The topological polar surface area (TPSA) is 32.3 Å². The molecule has 3 nitrogen and oxygen atoms in total. The second kappa shape index (κ2) is 6.60. The minimum Gasteiger partial charge on any atom is -0.359 e. The zero-order chi connectivity index (χ0) is 16.6. The first kappa shape index (κ1) is 16.4. The lowest BCUT2D eigenvalue weighted by molar-refractivity contribution is -0.115. The van der Waals surface area contributed by atoms with Crippen LogP contribution in [0.15, 0.2) is 36.4 Å². The Kier molecular flexibility index (Phi) is 4.72. The fourth-order valence-corrected chi connectivity index (χ4v) is 3.43. The molecule has 2 aromatic rings. The number of fused-ring (bicyclic) bond motifs is 1. The Balaban J connectivity index is 1.74. The molecule has 0 fully saturated rings. The number of anilines is 2. The molecule has 0 aromatic heterocycles. The Morgan fingerprint density at radius 1 is 1.17 bits per heavy atom. The Labute approximate surface area is 150 Å². The summed E-state index contributed by atoms with van der Waals surface area (Å²) >= 11 is 18.0. The van der Waals surface area contributed by atoms with Gasteiger partial charge in [0.15, 0.2) is 0 Å². The summed E-state index contributed by atoms with van der Waals surface area (Å²) < 4.78 is 0. The third-order valence-corrected chi connectivity index (χ3v) is 4.98. The van der Waals surface area contributed by atoms with E-state index in [4.69, 9.17) is 34.8 Å². The molecule has 1 amide bonds. The molecule has 6 heteroatoms. The van der Waals surface area contributed by atoms with Gasteiger partial charge in [-0.1, -0.05) is 53.0 Å². The Bertz CT molecular complexity index is 763. The number of halogens is 3. The van der Waals surface area contributed by atoms with Crippen molar-refractivity contribution in [2.24, 2.45) is 0 Å². The number of hydrogen-bond donors (Lipinski definition) is 1. The van der Waals surface area contributed by atoms with Gasteiger partial charge in [0, 0.05) is 11.7 Å². The van der Waals surface area contributed by atoms with Crippen molar-refractivity contribution >= 4 is 52.1 Å². The van der Waals surface area contributed by atoms with Gasteiger partial charge in [-0.25, -0.2) is 0 Å². The maximum Gasteiger partial charge on any atom is 0.243 e. The SMILES string of the molecule is CC1Cc2ccccc2N1CC(=O)Nc1cc(Cl)c(Cl)cc1Cl. The minimum absolute atomic E-state index is 0.145. The monoisotopic (exact) mass is 368 g/mol. The van der Waals surface area contributed by atoms with E-state index in [0.717, 1.165) is 12.1 Å². The van der Waals surface area contributed by atoms with Gasteiger partial charge in [-0.3, -0.25) is 4.79 Å². The van der Waals surface area contributed by atoms with Gasteiger partial charge in [-0.15, -0.1) is 0 Å². The largest absolute Gasteiger partial charge is 0.359 e. The van der Waals surface area contributed by atoms with E-state index in [0.29, 0.717) is 20.8 Å². The van der Waals surface area contributed by atoms with E-state index in [2.05, 4.69) is 23.2 Å². The predicted octanol–water partition coefficient (Wildman–Crippen LogP) is 5.04. The van der Waals surface area contributed by atoms with Gasteiger partial charge in [-0.05, 0) is 37.1 Å². The highest BCUT2D eigenvalue weighted by atomic mass is 35.5. The molecule has 0 aliphatic carbocycles. The molecule has 23 heavy (non-hydrogen) atoms. The van der Waals surface area contributed by atoms with Crippen molar-refractivity contribution in [2.45, 2.75) is 19.4 Å². The second-order valence-electron chi connectivity index (χ2n) is 5.60. The molecule has 1 N–H and O–H groups in total. The normalized spacial score (nSPS) is 16.3. The van der Waals surface area contributed by atoms with E-state index in [1.165, 1.54) is 11.6 Å². The maximum atomic E-state index is 12.4. The number of nitrogens with one attached hydrogen (secondary N) is 1. The van der Waals surface area contributed by atoms with Crippen molar-refractivity contribution in [1.82, 2.24) is 0 Å². The van der Waals surface area contributed by atoms with Crippen LogP contribution in [0.4, 0.5) is 11.4 Å². The van der Waals surface area contributed by atoms with Crippen LogP contribution in [0.2, 0.25) is 15.1 Å². The Morgan fingerprint density at radius 2 is 1.87 bits per heavy atom. The van der Waals surface area contributed by atoms with Crippen LogP contribution in [-0.4, -0.2) is 18.5 Å². The first-order valence-corrected chi connectivity index (χ1v) is 8.38. The number of nitrogens with zero attached hydrogens (tertiary/aromatic N) is 1. The molecule has 2 aromatic carbocycles. The quantitative estimate of drug-likeness (QED) is 0.769. The van der Waals surface area contributed by atoms with Crippen molar-refractivity contribution in [3.8, 4) is 0 Å². The van der Waals surface area contributed by atoms with Crippen LogP contribution in [-0.2, 0) is 11.2 Å². The molecule has 1 unspecified atom stereocenters. The Morgan fingerprint density at radius 3 is 2.65 bits per heavy atom. The molecule has 0 saturated heterocycles. The Hall–Kier alpha value is -1.42. The van der Waals surface area contributed by atoms with Crippen LogP contribution in [0.5, 0.6) is 0 Å². The van der Waals surface area contributed by atoms with E-state index in [-0.39, 0.29) is 18.5 Å². The summed E-state index contributed by atoms with van der Waals surface area (Å²) in [4.78, 5) is 14.5. The molecule has 1 atom stereocenters. The third-order valence-electron chi connectivity index (χ3n) is 3.95. The van der Waals surface area contributed by atoms with Crippen LogP contribution >= 0.6 is 34.8 Å². The fourth-order valence-electron chi connectivity index (χ4n) is 2.83. The second-order valence-corrected chi connectivity index (χ2v) is 6.83. The van der Waals surface area contributed by atoms with Crippen molar-refractivity contribution in [3.63, 3.8) is 0 Å². The van der Waals surface area contributed by atoms with Gasteiger partial charge in [0.05, 0.1) is 27.3 Å². The van der Waals surface area contributed by atoms with Gasteiger partial charge in [0.2, 0.25) is 5.91 Å². The molecule has 0 bridgehead atoms. The van der Waals surface area contributed by atoms with Crippen LogP contribution in [0, 0.1) is 0 Å². The molecule has 0 saturated carbocycles. The van der Waals surface area contributed by atoms with Gasteiger partial charge in [0.1, 0.15) is 0 Å². The number of benzene rings is 2. The molecular formula is C17H15Cl3N2O. The fraction of sp³-hybridized carbons (Fsp3) is 0.235. The lowest BCUT2D eigenvalue weighted by atomic mass is 10.1. The summed E-state index contributed by atoms with van der Waals surface area (Å²) in [7, 11) is 0. The zero-order valence-corrected chi connectivity index (χ0v) is 14.7. The number of amides is 1. The summed E-state index contributed by atoms with van der Waals surface area (Å²) in [5.74, 6) is -0.145. The number of hydrogen-bond acceptors (Lipinski definition) is 2. The van der Waals surface area contributed by atoms with Crippen molar-refractivity contribution in [2.75, 3.05) is 16.8 Å². The summed E-state index contributed by atoms with van der Waals surface area (Å²) in [6, 6.07) is 11.5. The van der Waals surface area contributed by atoms with Crippen molar-refractivity contribution in [3.05, 3.63) is 57.0 Å². The highest BCUT2D eigenvalue weighted by molar-refractivity contribution is 6.44. The average Bonchev–Trinajstić information content (AvgIpc) is 2.81. The summed E-state index contributed by atoms with van der Waals surface area (Å²) in [6.45, 7) is 2.37. The highest BCUT2D eigenvalue weighted by Crippen LogP contribution is 2.33. The van der Waals surface area contributed by atoms with E-state index in [1.807, 2.05) is 18.2 Å². The molecule has 1 aliphatic heterocycles.